The summed E-state index contributed by atoms with van der Waals surface area (Å²) >= 11 is 5.85. The second-order valence-electron chi connectivity index (χ2n) is 4.28. The van der Waals surface area contributed by atoms with Gasteiger partial charge in [-0.25, -0.2) is 4.79 Å². The molecule has 2 nitrogen and oxygen atoms in total. The van der Waals surface area contributed by atoms with Crippen LogP contribution in [0.4, 0.5) is 0 Å². The number of benzene rings is 2. The highest BCUT2D eigenvalue weighted by Gasteiger charge is 2.10. The van der Waals surface area contributed by atoms with Crippen molar-refractivity contribution >= 4 is 17.6 Å². The maximum atomic E-state index is 11.7. The molecule has 2 rings (SSSR count). The Bertz CT molecular complexity index is 561. The molecule has 19 heavy (non-hydrogen) atoms. The third-order valence-corrected chi connectivity index (χ3v) is 3.27. The lowest BCUT2D eigenvalue weighted by molar-refractivity contribution is 0.0599. The minimum Gasteiger partial charge on any atom is -0.465 e. The number of halogens is 1. The van der Waals surface area contributed by atoms with E-state index in [1.54, 1.807) is 6.07 Å². The highest BCUT2D eigenvalue weighted by atomic mass is 35.5. The first kappa shape index (κ1) is 13.6. The molecule has 0 heterocycles. The first-order valence-electron chi connectivity index (χ1n) is 6.11. The van der Waals surface area contributed by atoms with Crippen LogP contribution < -0.4 is 0 Å². The fraction of sp³-hybridized carbons (Fsp3) is 0.188. The third kappa shape index (κ3) is 3.58. The molecule has 0 fully saturated rings. The predicted molar refractivity (Wildman–Crippen MR) is 76.6 cm³/mol. The molecular weight excluding hydrogens is 260 g/mol. The Labute approximate surface area is 118 Å². The summed E-state index contributed by atoms with van der Waals surface area (Å²) in [6, 6.07) is 15.3. The fourth-order valence-corrected chi connectivity index (χ4v) is 2.10. The number of ether oxygens (including phenoxy) is 1. The highest BCUT2D eigenvalue weighted by Crippen LogP contribution is 2.15. The van der Waals surface area contributed by atoms with Crippen LogP contribution in [0.3, 0.4) is 0 Å². The van der Waals surface area contributed by atoms with Crippen molar-refractivity contribution in [1.29, 1.82) is 0 Å². The Morgan fingerprint density at radius 2 is 1.74 bits per heavy atom. The van der Waals surface area contributed by atoms with Crippen LogP contribution in [0, 0.1) is 0 Å². The van der Waals surface area contributed by atoms with Gasteiger partial charge >= 0.3 is 5.97 Å². The molecule has 0 radical (unpaired) electrons. The molecule has 0 aromatic heterocycles. The molecule has 0 aliphatic rings. The number of hydrogen-bond donors (Lipinski definition) is 0. The van der Waals surface area contributed by atoms with Gasteiger partial charge in [0.2, 0.25) is 0 Å². The van der Waals surface area contributed by atoms with E-state index >= 15 is 0 Å². The quantitative estimate of drug-likeness (QED) is 0.790. The summed E-state index contributed by atoms with van der Waals surface area (Å²) < 4.78 is 4.79. The van der Waals surface area contributed by atoms with Crippen molar-refractivity contribution in [2.75, 3.05) is 7.11 Å². The molecule has 0 amide bonds. The summed E-state index contributed by atoms with van der Waals surface area (Å²) in [5, 5.41) is 0.735. The van der Waals surface area contributed by atoms with Gasteiger partial charge in [-0.05, 0) is 42.2 Å². The van der Waals surface area contributed by atoms with Crippen LogP contribution in [0.5, 0.6) is 0 Å². The van der Waals surface area contributed by atoms with Gasteiger partial charge in [-0.1, -0.05) is 41.9 Å². The molecule has 0 atom stereocenters. The van der Waals surface area contributed by atoms with E-state index in [4.69, 9.17) is 16.3 Å². The second-order valence-corrected chi connectivity index (χ2v) is 4.71. The first-order valence-corrected chi connectivity index (χ1v) is 6.49. The van der Waals surface area contributed by atoms with Crippen LogP contribution in [0.1, 0.15) is 21.5 Å². The van der Waals surface area contributed by atoms with E-state index in [1.807, 2.05) is 42.5 Å². The molecule has 98 valence electrons. The van der Waals surface area contributed by atoms with Gasteiger partial charge in [-0.15, -0.1) is 0 Å². The molecule has 2 aromatic rings. The van der Waals surface area contributed by atoms with Gasteiger partial charge in [-0.2, -0.15) is 0 Å². The van der Waals surface area contributed by atoms with Crippen molar-refractivity contribution in [3.63, 3.8) is 0 Å². The smallest absolute Gasteiger partial charge is 0.338 e. The Hall–Kier alpha value is -1.80. The van der Waals surface area contributed by atoms with Crippen LogP contribution in [0.2, 0.25) is 5.02 Å². The minimum absolute atomic E-state index is 0.285. The van der Waals surface area contributed by atoms with Crippen LogP contribution in [-0.4, -0.2) is 13.1 Å². The van der Waals surface area contributed by atoms with E-state index in [0.717, 1.165) is 23.4 Å². The van der Waals surface area contributed by atoms with Crippen molar-refractivity contribution in [1.82, 2.24) is 0 Å². The van der Waals surface area contributed by atoms with Crippen molar-refractivity contribution in [2.45, 2.75) is 12.8 Å². The molecule has 3 heteroatoms. The SMILES string of the molecule is COC(=O)c1ccccc1CCc1ccc(Cl)cc1. The summed E-state index contributed by atoms with van der Waals surface area (Å²) in [5.41, 5.74) is 2.84. The summed E-state index contributed by atoms with van der Waals surface area (Å²) in [4.78, 5) is 11.7. The van der Waals surface area contributed by atoms with Crippen LogP contribution in [0.25, 0.3) is 0 Å². The molecule has 0 saturated heterocycles. The van der Waals surface area contributed by atoms with Gasteiger partial charge in [0.25, 0.3) is 0 Å². The minimum atomic E-state index is -0.285. The number of hydrogen-bond acceptors (Lipinski definition) is 2. The van der Waals surface area contributed by atoms with E-state index in [2.05, 4.69) is 0 Å². The first-order chi connectivity index (χ1) is 9.20. The Balaban J connectivity index is 2.11. The van der Waals surface area contributed by atoms with Crippen molar-refractivity contribution in [2.24, 2.45) is 0 Å². The average molecular weight is 275 g/mol. The summed E-state index contributed by atoms with van der Waals surface area (Å²) in [5.74, 6) is -0.285. The maximum absolute atomic E-state index is 11.7. The molecular formula is C16H15ClO2. The Kier molecular flexibility index (Phi) is 4.58. The normalized spacial score (nSPS) is 10.2. The lowest BCUT2D eigenvalue weighted by atomic mass is 10.00. The van der Waals surface area contributed by atoms with Gasteiger partial charge in [0.05, 0.1) is 12.7 Å². The topological polar surface area (TPSA) is 26.3 Å². The van der Waals surface area contributed by atoms with Crippen LogP contribution in [0.15, 0.2) is 48.5 Å². The molecule has 0 aliphatic heterocycles. The molecule has 0 bridgehead atoms. The Morgan fingerprint density at radius 3 is 2.42 bits per heavy atom. The van der Waals surface area contributed by atoms with Crippen LogP contribution >= 0.6 is 11.6 Å². The number of esters is 1. The predicted octanol–water partition coefficient (Wildman–Crippen LogP) is 3.91. The lowest BCUT2D eigenvalue weighted by Gasteiger charge is -2.07. The maximum Gasteiger partial charge on any atom is 0.338 e. The van der Waals surface area contributed by atoms with Gasteiger partial charge in [0, 0.05) is 5.02 Å². The molecule has 0 aliphatic carbocycles. The second kappa shape index (κ2) is 6.39. The van der Waals surface area contributed by atoms with Gasteiger partial charge in [0.1, 0.15) is 0 Å². The van der Waals surface area contributed by atoms with Gasteiger partial charge in [0.15, 0.2) is 0 Å². The number of rotatable bonds is 4. The van der Waals surface area contributed by atoms with Crippen LogP contribution in [-0.2, 0) is 17.6 Å². The molecule has 2 aromatic carbocycles. The van der Waals surface area contributed by atoms with E-state index in [-0.39, 0.29) is 5.97 Å². The Morgan fingerprint density at radius 1 is 1.05 bits per heavy atom. The monoisotopic (exact) mass is 274 g/mol. The standard InChI is InChI=1S/C16H15ClO2/c1-19-16(18)15-5-3-2-4-13(15)9-6-12-7-10-14(17)11-8-12/h2-5,7-8,10-11H,6,9H2,1H3. The average Bonchev–Trinajstić information content (AvgIpc) is 2.46. The van der Waals surface area contributed by atoms with E-state index in [9.17, 15) is 4.79 Å². The number of carbonyl (C=O) groups is 1. The van der Waals surface area contributed by atoms with E-state index < -0.39 is 0 Å². The molecule has 0 N–H and O–H groups in total. The molecule has 0 unspecified atom stereocenters. The van der Waals surface area contributed by atoms with Gasteiger partial charge in [-0.3, -0.25) is 0 Å². The summed E-state index contributed by atoms with van der Waals surface area (Å²) in [6.45, 7) is 0. The number of aryl methyl sites for hydroxylation is 2. The highest BCUT2D eigenvalue weighted by molar-refractivity contribution is 6.30. The van der Waals surface area contributed by atoms with E-state index in [0.29, 0.717) is 5.56 Å². The van der Waals surface area contributed by atoms with Gasteiger partial charge < -0.3 is 4.74 Å². The molecule has 0 saturated carbocycles. The number of carbonyl (C=O) groups excluding carboxylic acids is 1. The fourth-order valence-electron chi connectivity index (χ4n) is 1.98. The van der Waals surface area contributed by atoms with Crippen molar-refractivity contribution in [3.05, 3.63) is 70.2 Å². The summed E-state index contributed by atoms with van der Waals surface area (Å²) in [6.07, 6.45) is 1.66. The molecule has 0 spiro atoms. The third-order valence-electron chi connectivity index (χ3n) is 3.02. The lowest BCUT2D eigenvalue weighted by Crippen LogP contribution is -2.06. The van der Waals surface area contributed by atoms with Crippen molar-refractivity contribution < 1.29 is 9.53 Å². The zero-order valence-corrected chi connectivity index (χ0v) is 11.5. The largest absolute Gasteiger partial charge is 0.465 e. The van der Waals surface area contributed by atoms with E-state index in [1.165, 1.54) is 12.7 Å². The van der Waals surface area contributed by atoms with Crippen molar-refractivity contribution in [3.8, 4) is 0 Å². The number of methoxy groups -OCH3 is 1. The zero-order chi connectivity index (χ0) is 13.7. The summed E-state index contributed by atoms with van der Waals surface area (Å²) in [7, 11) is 1.40. The zero-order valence-electron chi connectivity index (χ0n) is 10.7.